The SMILES string of the molecule is [Ir].[Ir].[Ir].[Ir].[Os].[c-]1c(N2[CH-]Sc3ncccc32)cccc1N1[CH-]Sc2ncccc21.[c-]1ccccc1N1[CH-]Oc2cccnc21.[c-]1ccccc1N1[CH-]Oc2cncnc21.[c-]1ccccc1N1[CH-]Oc2nccnc21.[c-]1ccccc1N1[CH-]Oc2ncncc21. The molecule has 0 saturated heterocycles. The van der Waals surface area contributed by atoms with Gasteiger partial charge in [0.1, 0.15) is 35.8 Å². The Morgan fingerprint density at radius 2 is 0.798 bits per heavy atom. The van der Waals surface area contributed by atoms with E-state index < -0.39 is 0 Å². The molecule has 0 amide bonds. The summed E-state index contributed by atoms with van der Waals surface area (Å²) in [5, 5.41) is 2.04. The first-order chi connectivity index (χ1) is 41.7. The molecule has 0 saturated carbocycles. The second-order valence-electron chi connectivity index (χ2n) is 17.6. The zero-order valence-electron chi connectivity index (χ0n) is 45.4. The quantitative estimate of drug-likeness (QED) is 0.144. The van der Waals surface area contributed by atoms with Gasteiger partial charge in [-0.05, 0) is 36.4 Å². The third kappa shape index (κ3) is 15.7. The monoisotopic (exact) mass is 2100 g/mol. The van der Waals surface area contributed by atoms with Crippen LogP contribution in [0.2, 0.25) is 0 Å². The van der Waals surface area contributed by atoms with E-state index in [2.05, 4.69) is 127 Å². The summed E-state index contributed by atoms with van der Waals surface area (Å²) in [6, 6.07) is 64.6. The van der Waals surface area contributed by atoms with Crippen LogP contribution in [0.4, 0.5) is 68.6 Å². The molecule has 6 aliphatic heterocycles. The maximum Gasteiger partial charge on any atom is 0.224 e. The van der Waals surface area contributed by atoms with Crippen molar-refractivity contribution in [2.45, 2.75) is 10.1 Å². The second-order valence-corrected chi connectivity index (χ2v) is 19.2. The van der Waals surface area contributed by atoms with Crippen molar-refractivity contribution in [1.29, 1.82) is 0 Å². The van der Waals surface area contributed by atoms with Gasteiger partial charge in [-0.15, -0.1) is 70.5 Å². The molecule has 89 heavy (non-hydrogen) atoms. The summed E-state index contributed by atoms with van der Waals surface area (Å²) in [5.41, 5.74) is 8.65. The summed E-state index contributed by atoms with van der Waals surface area (Å²) in [6.07, 6.45) is 14.9. The Labute approximate surface area is 590 Å². The standard InChI is InChI=1S/C18H11N4S2.C12H8N2O.3C11H7N3O.4Ir.Os/c1-4-13(21-11-23-17-15(21)6-2-8-19-17)10-14(5-1)22-12-24-18-16(22)7-3-9-20-18;1-2-5-10(6-3-1)14-9-15-11-7-4-8-13-12(11)14;1-2-4-9(5-3-1)14-8-15-10-6-12-7-13-11(10)14;1-2-4-9(5-3-1)14-8-15-11-10(14)6-12-7-13-11;1-2-4-9(5-3-1)14-8-15-11-10(14)12-6-7-13-11;;;;;/h1-9,11-12H;1-5,7-9H;3*1-4,6-8H;;;;;/q-3;4*-2;;;;;. The Hall–Kier alpha value is -7.28. The molecule has 0 aliphatic carbocycles. The number of fused-ring (bicyclic) bond motifs is 6. The van der Waals surface area contributed by atoms with Gasteiger partial charge in [-0.25, -0.2) is 34.9 Å². The number of aromatic nitrogens is 9. The van der Waals surface area contributed by atoms with Crippen LogP contribution in [0.25, 0.3) is 0 Å². The molecule has 0 fully saturated rings. The minimum atomic E-state index is 0. The predicted octanol–water partition coefficient (Wildman–Crippen LogP) is 13.3. The van der Waals surface area contributed by atoms with Crippen LogP contribution >= 0.6 is 23.5 Å². The van der Waals surface area contributed by atoms with Crippen molar-refractivity contribution < 1.29 is 119 Å². The van der Waals surface area contributed by atoms with Crippen LogP contribution in [0.1, 0.15) is 0 Å². The van der Waals surface area contributed by atoms with Crippen molar-refractivity contribution in [2.24, 2.45) is 0 Å². The number of pyridine rings is 3. The van der Waals surface area contributed by atoms with Gasteiger partial charge < -0.3 is 48.3 Å². The van der Waals surface area contributed by atoms with Gasteiger partial charge in [-0.2, -0.15) is 121 Å². The van der Waals surface area contributed by atoms with Crippen molar-refractivity contribution in [1.82, 2.24) is 44.9 Å². The number of thioether (sulfide) groups is 2. The van der Waals surface area contributed by atoms with Crippen molar-refractivity contribution in [3.8, 4) is 23.3 Å². The van der Waals surface area contributed by atoms with E-state index in [4.69, 9.17) is 18.9 Å². The fourth-order valence-corrected chi connectivity index (χ4v) is 10.2. The summed E-state index contributed by atoms with van der Waals surface area (Å²) in [4.78, 5) is 49.0. The van der Waals surface area contributed by atoms with E-state index in [1.807, 2.05) is 153 Å². The van der Waals surface area contributed by atoms with Crippen molar-refractivity contribution in [3.05, 3.63) is 277 Å². The Kier molecular flexibility index (Phi) is 25.1. The van der Waals surface area contributed by atoms with Crippen LogP contribution in [0.15, 0.2) is 218 Å². The number of anilines is 12. The summed E-state index contributed by atoms with van der Waals surface area (Å²) in [5.74, 6) is 8.92. The van der Waals surface area contributed by atoms with Gasteiger partial charge in [0.2, 0.25) is 11.8 Å². The van der Waals surface area contributed by atoms with Crippen LogP contribution in [-0.2, 0) is 100 Å². The largest absolute Gasteiger partial charge is 0.639 e. The molecule has 0 spiro atoms. The molecule has 26 heteroatoms. The maximum absolute atomic E-state index is 5.38. The number of nitrogens with zero attached hydrogens (tertiary/aromatic N) is 15. The van der Waals surface area contributed by atoms with Crippen LogP contribution < -0.4 is 48.3 Å². The van der Waals surface area contributed by atoms with E-state index in [1.54, 1.807) is 81.4 Å². The molecule has 12 heterocycles. The second kappa shape index (κ2) is 33.0. The topological polar surface area (TPSA) is 172 Å². The molecule has 458 valence electrons. The van der Waals surface area contributed by atoms with Crippen molar-refractivity contribution in [2.75, 3.05) is 29.4 Å². The zero-order chi connectivity index (χ0) is 56.3. The molecule has 0 bridgehead atoms. The maximum atomic E-state index is 5.38. The predicted molar refractivity (Wildman–Crippen MR) is 318 cm³/mol. The molecule has 6 aliphatic rings. The number of hydrogen-bond donors (Lipinski definition) is 0. The molecular weight excluding hydrogens is 2050 g/mol. The van der Waals surface area contributed by atoms with E-state index in [-0.39, 0.29) is 100 Å². The molecule has 11 aromatic rings. The third-order valence-electron chi connectivity index (χ3n) is 12.4. The average molecular weight is 2090 g/mol. The van der Waals surface area contributed by atoms with Crippen molar-refractivity contribution in [3.63, 3.8) is 0 Å². The minimum Gasteiger partial charge on any atom is -0.639 e. The van der Waals surface area contributed by atoms with E-state index in [1.165, 1.54) is 12.7 Å². The Balaban J connectivity index is 0.000000144. The summed E-state index contributed by atoms with van der Waals surface area (Å²) in [6.45, 7) is 6.43. The van der Waals surface area contributed by atoms with Crippen LogP contribution in [0.3, 0.4) is 0 Å². The molecule has 19 nitrogen and oxygen atoms in total. The molecule has 4 radical (unpaired) electrons. The van der Waals surface area contributed by atoms with Gasteiger partial charge in [0, 0.05) is 143 Å². The van der Waals surface area contributed by atoms with Crippen LogP contribution in [0.5, 0.6) is 23.3 Å². The Morgan fingerprint density at radius 3 is 1.38 bits per heavy atom. The molecule has 0 N–H and O–H groups in total. The van der Waals surface area contributed by atoms with Crippen molar-refractivity contribution >= 4 is 92.2 Å². The minimum absolute atomic E-state index is 0. The van der Waals surface area contributed by atoms with E-state index in [9.17, 15) is 0 Å². The summed E-state index contributed by atoms with van der Waals surface area (Å²) < 4.78 is 21.3. The van der Waals surface area contributed by atoms with Gasteiger partial charge in [-0.3, -0.25) is 33.5 Å². The van der Waals surface area contributed by atoms with Gasteiger partial charge in [-0.1, -0.05) is 26.9 Å². The first-order valence-electron chi connectivity index (χ1n) is 25.6. The number of ether oxygens (including phenoxy) is 4. The molecule has 0 unspecified atom stereocenters. The van der Waals surface area contributed by atoms with Gasteiger partial charge in [0.25, 0.3) is 0 Å². The van der Waals surface area contributed by atoms with E-state index >= 15 is 0 Å². The summed E-state index contributed by atoms with van der Waals surface area (Å²) >= 11 is 3.26. The zero-order valence-corrected chi connectivity index (χ0v) is 59.2. The molecular formula is C63H40Ir4N15O4OsS2-11. The first-order valence-corrected chi connectivity index (χ1v) is 27.4. The smallest absolute Gasteiger partial charge is 0.224 e. The fourth-order valence-electron chi connectivity index (χ4n) is 8.56. The van der Waals surface area contributed by atoms with Crippen LogP contribution in [0, 0.1) is 69.0 Å². The Bertz CT molecular complexity index is 3580. The summed E-state index contributed by atoms with van der Waals surface area (Å²) in [7, 11) is 0. The Morgan fingerprint density at radius 1 is 0.348 bits per heavy atom. The van der Waals surface area contributed by atoms with Gasteiger partial charge in [0.05, 0.1) is 28.1 Å². The number of rotatable bonds is 6. The molecule has 0 atom stereocenters. The first kappa shape index (κ1) is 67.7. The van der Waals surface area contributed by atoms with Gasteiger partial charge >= 0.3 is 0 Å². The third-order valence-corrected chi connectivity index (χ3v) is 14.1. The average Bonchev–Trinajstić information content (AvgIpc) is 2.23. The number of hydrogen-bond acceptors (Lipinski definition) is 21. The van der Waals surface area contributed by atoms with Gasteiger partial charge in [0.15, 0.2) is 5.82 Å². The normalized spacial score (nSPS) is 13.3. The van der Waals surface area contributed by atoms with Crippen LogP contribution in [-0.4, -0.2) is 44.9 Å². The van der Waals surface area contributed by atoms with E-state index in [0.717, 1.165) is 78.6 Å². The fraction of sp³-hybridized carbons (Fsp3) is 0. The molecule has 6 aromatic heterocycles. The number of para-hydroxylation sites is 4. The molecule has 5 aromatic carbocycles. The number of benzene rings is 5. The van der Waals surface area contributed by atoms with E-state index in [0.29, 0.717) is 23.3 Å². The molecule has 17 rings (SSSR count).